The van der Waals surface area contributed by atoms with Gasteiger partial charge in [0.15, 0.2) is 0 Å². The van der Waals surface area contributed by atoms with Crippen LogP contribution in [0, 0.1) is 5.82 Å². The summed E-state index contributed by atoms with van der Waals surface area (Å²) in [7, 11) is 0. The zero-order chi connectivity index (χ0) is 21.1. The Morgan fingerprint density at radius 3 is 2.33 bits per heavy atom. The number of aliphatic carboxylic acids is 1. The SMILES string of the molecule is O=C(O)CCc1ccc(Oc2c(-c3ccc(F)cc3)ccc3cc(O)ccc23)cc1. The van der Waals surface area contributed by atoms with Gasteiger partial charge in [-0.1, -0.05) is 30.3 Å². The smallest absolute Gasteiger partial charge is 0.303 e. The van der Waals surface area contributed by atoms with Crippen LogP contribution < -0.4 is 4.74 Å². The van der Waals surface area contributed by atoms with E-state index >= 15 is 0 Å². The predicted molar refractivity (Wildman–Crippen MR) is 113 cm³/mol. The summed E-state index contributed by atoms with van der Waals surface area (Å²) in [6, 6.07) is 22.3. The highest BCUT2D eigenvalue weighted by Gasteiger charge is 2.13. The van der Waals surface area contributed by atoms with Gasteiger partial charge in [-0.25, -0.2) is 4.39 Å². The first kappa shape index (κ1) is 19.5. The van der Waals surface area contributed by atoms with Crippen molar-refractivity contribution in [3.8, 4) is 28.4 Å². The van der Waals surface area contributed by atoms with Crippen LogP contribution in [-0.4, -0.2) is 16.2 Å². The van der Waals surface area contributed by atoms with Gasteiger partial charge in [0.25, 0.3) is 0 Å². The molecule has 0 aliphatic rings. The number of aryl methyl sites for hydroxylation is 1. The van der Waals surface area contributed by atoms with E-state index in [4.69, 9.17) is 9.84 Å². The number of benzene rings is 4. The van der Waals surface area contributed by atoms with Gasteiger partial charge in [0.05, 0.1) is 0 Å². The number of halogens is 1. The van der Waals surface area contributed by atoms with Gasteiger partial charge >= 0.3 is 5.97 Å². The van der Waals surface area contributed by atoms with Crippen molar-refractivity contribution >= 4 is 16.7 Å². The average Bonchev–Trinajstić information content (AvgIpc) is 2.74. The van der Waals surface area contributed by atoms with Gasteiger partial charge in [-0.3, -0.25) is 4.79 Å². The fourth-order valence-electron chi connectivity index (χ4n) is 3.35. The molecule has 0 aliphatic carbocycles. The van der Waals surface area contributed by atoms with Crippen LogP contribution >= 0.6 is 0 Å². The van der Waals surface area contributed by atoms with Crippen LogP contribution in [-0.2, 0) is 11.2 Å². The molecule has 0 saturated carbocycles. The molecular weight excluding hydrogens is 383 g/mol. The lowest BCUT2D eigenvalue weighted by atomic mass is 9.99. The first-order chi connectivity index (χ1) is 14.5. The highest BCUT2D eigenvalue weighted by Crippen LogP contribution is 2.40. The van der Waals surface area contributed by atoms with Gasteiger partial charge in [-0.05, 0) is 71.5 Å². The van der Waals surface area contributed by atoms with Crippen molar-refractivity contribution in [2.75, 3.05) is 0 Å². The third-order valence-corrected chi connectivity index (χ3v) is 4.88. The molecule has 4 rings (SSSR count). The lowest BCUT2D eigenvalue weighted by Crippen LogP contribution is -1.97. The standard InChI is InChI=1S/C25H19FO4/c26-19-7-4-17(5-8-19)22-12-6-18-15-20(27)9-13-23(18)25(22)30-21-10-1-16(2-11-21)3-14-24(28)29/h1-2,4-13,15,27H,3,14H2,(H,28,29). The van der Waals surface area contributed by atoms with Crippen LogP contribution in [0.2, 0.25) is 0 Å². The molecular formula is C25H19FO4. The minimum absolute atomic E-state index is 0.0712. The summed E-state index contributed by atoms with van der Waals surface area (Å²) in [5.41, 5.74) is 2.51. The number of carboxylic acids is 1. The van der Waals surface area contributed by atoms with Crippen molar-refractivity contribution in [3.05, 3.63) is 90.2 Å². The fraction of sp³-hybridized carbons (Fsp3) is 0.0800. The van der Waals surface area contributed by atoms with E-state index in [2.05, 4.69) is 0 Å². The predicted octanol–water partition coefficient (Wildman–Crippen LogP) is 6.16. The van der Waals surface area contributed by atoms with E-state index in [1.54, 1.807) is 42.5 Å². The number of carboxylic acid groups (broad SMARTS) is 1. The number of hydrogen-bond acceptors (Lipinski definition) is 3. The number of carbonyl (C=O) groups is 1. The molecule has 0 atom stereocenters. The molecule has 4 nitrogen and oxygen atoms in total. The maximum atomic E-state index is 13.4. The van der Waals surface area contributed by atoms with Gasteiger partial charge in [-0.2, -0.15) is 0 Å². The molecule has 0 aromatic heterocycles. The average molecular weight is 402 g/mol. The Balaban J connectivity index is 1.74. The molecule has 0 fully saturated rings. The number of rotatable bonds is 6. The monoisotopic (exact) mass is 402 g/mol. The van der Waals surface area contributed by atoms with Gasteiger partial charge in [0, 0.05) is 17.4 Å². The highest BCUT2D eigenvalue weighted by atomic mass is 19.1. The number of phenols is 1. The Morgan fingerprint density at radius 2 is 1.63 bits per heavy atom. The number of phenolic OH excluding ortho intramolecular Hbond substituents is 1. The minimum atomic E-state index is -0.835. The van der Waals surface area contributed by atoms with E-state index in [1.807, 2.05) is 24.3 Å². The van der Waals surface area contributed by atoms with E-state index in [-0.39, 0.29) is 18.0 Å². The van der Waals surface area contributed by atoms with Crippen molar-refractivity contribution in [2.45, 2.75) is 12.8 Å². The molecule has 5 heteroatoms. The molecule has 150 valence electrons. The summed E-state index contributed by atoms with van der Waals surface area (Å²) in [5.74, 6) is 0.198. The second-order valence-corrected chi connectivity index (χ2v) is 6.99. The van der Waals surface area contributed by atoms with E-state index in [1.165, 1.54) is 12.1 Å². The molecule has 0 amide bonds. The summed E-state index contributed by atoms with van der Waals surface area (Å²) < 4.78 is 19.6. The summed E-state index contributed by atoms with van der Waals surface area (Å²) in [4.78, 5) is 10.8. The van der Waals surface area contributed by atoms with Crippen LogP contribution in [0.3, 0.4) is 0 Å². The molecule has 30 heavy (non-hydrogen) atoms. The lowest BCUT2D eigenvalue weighted by Gasteiger charge is -2.15. The van der Waals surface area contributed by atoms with Gasteiger partial charge in [0.1, 0.15) is 23.1 Å². The van der Waals surface area contributed by atoms with Crippen LogP contribution in [0.1, 0.15) is 12.0 Å². The van der Waals surface area contributed by atoms with Gasteiger partial charge in [0.2, 0.25) is 0 Å². The van der Waals surface area contributed by atoms with Gasteiger partial charge < -0.3 is 14.9 Å². The third kappa shape index (κ3) is 4.25. The van der Waals surface area contributed by atoms with E-state index < -0.39 is 5.97 Å². The summed E-state index contributed by atoms with van der Waals surface area (Å²) in [6.07, 6.45) is 0.520. The molecule has 0 bridgehead atoms. The molecule has 0 aliphatic heterocycles. The van der Waals surface area contributed by atoms with E-state index in [9.17, 15) is 14.3 Å². The number of fused-ring (bicyclic) bond motifs is 1. The number of aromatic hydroxyl groups is 1. The van der Waals surface area contributed by atoms with Crippen LogP contribution in [0.4, 0.5) is 4.39 Å². The molecule has 0 unspecified atom stereocenters. The Labute approximate surface area is 172 Å². The Kier molecular flexibility index (Phi) is 5.35. The second-order valence-electron chi connectivity index (χ2n) is 6.99. The number of hydrogen-bond donors (Lipinski definition) is 2. The summed E-state index contributed by atoms with van der Waals surface area (Å²) in [6.45, 7) is 0. The molecule has 0 heterocycles. The molecule has 0 saturated heterocycles. The summed E-state index contributed by atoms with van der Waals surface area (Å²) in [5, 5.41) is 20.3. The molecule has 0 radical (unpaired) electrons. The lowest BCUT2D eigenvalue weighted by molar-refractivity contribution is -0.136. The van der Waals surface area contributed by atoms with Crippen LogP contribution in [0.25, 0.3) is 21.9 Å². The quantitative estimate of drug-likeness (QED) is 0.405. The maximum Gasteiger partial charge on any atom is 0.303 e. The van der Waals surface area contributed by atoms with E-state index in [0.29, 0.717) is 17.9 Å². The van der Waals surface area contributed by atoms with Crippen molar-refractivity contribution in [3.63, 3.8) is 0 Å². The molecule has 2 N–H and O–H groups in total. The highest BCUT2D eigenvalue weighted by molar-refractivity contribution is 5.96. The minimum Gasteiger partial charge on any atom is -0.508 e. The summed E-state index contributed by atoms with van der Waals surface area (Å²) >= 11 is 0. The largest absolute Gasteiger partial charge is 0.508 e. The molecule has 4 aromatic rings. The first-order valence-electron chi connectivity index (χ1n) is 9.50. The van der Waals surface area contributed by atoms with Crippen molar-refractivity contribution in [1.29, 1.82) is 0 Å². The Bertz CT molecular complexity index is 1200. The molecule has 4 aromatic carbocycles. The third-order valence-electron chi connectivity index (χ3n) is 4.88. The molecule has 0 spiro atoms. The zero-order valence-corrected chi connectivity index (χ0v) is 16.0. The van der Waals surface area contributed by atoms with Crippen molar-refractivity contribution < 1.29 is 24.1 Å². The van der Waals surface area contributed by atoms with Crippen molar-refractivity contribution in [2.24, 2.45) is 0 Å². The topological polar surface area (TPSA) is 66.8 Å². The number of ether oxygens (including phenoxy) is 1. The Morgan fingerprint density at radius 1 is 0.900 bits per heavy atom. The first-order valence-corrected chi connectivity index (χ1v) is 9.50. The maximum absolute atomic E-state index is 13.4. The normalized spacial score (nSPS) is 10.8. The zero-order valence-electron chi connectivity index (χ0n) is 16.0. The van der Waals surface area contributed by atoms with Gasteiger partial charge in [-0.15, -0.1) is 0 Å². The van der Waals surface area contributed by atoms with E-state index in [0.717, 1.165) is 27.5 Å². The van der Waals surface area contributed by atoms with Crippen LogP contribution in [0.5, 0.6) is 17.2 Å². The second kappa shape index (κ2) is 8.25. The van der Waals surface area contributed by atoms with Crippen molar-refractivity contribution in [1.82, 2.24) is 0 Å². The Hall–Kier alpha value is -3.86. The fourth-order valence-corrected chi connectivity index (χ4v) is 3.35. The van der Waals surface area contributed by atoms with Crippen LogP contribution in [0.15, 0.2) is 78.9 Å².